The van der Waals surface area contributed by atoms with Gasteiger partial charge in [0.2, 0.25) is 0 Å². The van der Waals surface area contributed by atoms with E-state index >= 15 is 0 Å². The molecule has 0 amide bonds. The summed E-state index contributed by atoms with van der Waals surface area (Å²) in [5, 5.41) is 4.68. The summed E-state index contributed by atoms with van der Waals surface area (Å²) in [7, 11) is 0. The lowest BCUT2D eigenvalue weighted by Crippen LogP contribution is -2.25. The topological polar surface area (TPSA) is 29.5 Å². The summed E-state index contributed by atoms with van der Waals surface area (Å²) in [6, 6.07) is 115. The van der Waals surface area contributed by atoms with E-state index in [9.17, 15) is 0 Å². The monoisotopic (exact) mass is 1890 g/mol. The predicted octanol–water partition coefficient (Wildman–Crippen LogP) is 41.4. The van der Waals surface area contributed by atoms with E-state index in [-0.39, 0.29) is 21.7 Å². The zero-order valence-electron chi connectivity index (χ0n) is 88.4. The number of nitrogens with zero attached hydrogens (tertiary/aromatic N) is 1. The van der Waals surface area contributed by atoms with Crippen molar-refractivity contribution < 1.29 is 8.83 Å². The van der Waals surface area contributed by atoms with Gasteiger partial charge in [0.15, 0.2) is 0 Å². The maximum Gasteiger partial charge on any atom is 0.144 e. The number of unbranched alkanes of at least 4 members (excludes halogenated alkanes) is 16. The fourth-order valence-electron chi connectivity index (χ4n) is 29.3. The first-order chi connectivity index (χ1) is 70.4. The number of anilines is 3. The van der Waals surface area contributed by atoms with Gasteiger partial charge in [-0.25, -0.2) is 0 Å². The molecular formula is C142H141NO2. The van der Waals surface area contributed by atoms with Gasteiger partial charge in [0.05, 0.1) is 0 Å². The number of aryl methyl sites for hydroxylation is 1. The molecule has 0 unspecified atom stereocenters. The third-order valence-electron chi connectivity index (χ3n) is 37.1. The molecule has 0 atom stereocenters. The second-order valence-electron chi connectivity index (χ2n) is 47.4. The van der Waals surface area contributed by atoms with Crippen molar-refractivity contribution >= 4 is 60.9 Å². The molecule has 7 aliphatic carbocycles. The number of hydrogen-bond donors (Lipinski definition) is 0. The molecular weight excluding hydrogens is 1750 g/mol. The molecule has 3 nitrogen and oxygen atoms in total. The van der Waals surface area contributed by atoms with E-state index in [1.165, 1.54) is 348 Å². The van der Waals surface area contributed by atoms with E-state index in [4.69, 9.17) is 8.83 Å². The third kappa shape index (κ3) is 14.3. The van der Waals surface area contributed by atoms with Gasteiger partial charge in [-0.05, 0) is 319 Å². The molecule has 0 spiro atoms. The maximum atomic E-state index is 7.41. The van der Waals surface area contributed by atoms with Crippen molar-refractivity contribution in [3.63, 3.8) is 0 Å². The highest BCUT2D eigenvalue weighted by molar-refractivity contribution is 6.22. The summed E-state index contributed by atoms with van der Waals surface area (Å²) in [6.45, 7) is 36.4. The molecule has 18 aromatic rings. The minimum absolute atomic E-state index is 0.0197. The summed E-state index contributed by atoms with van der Waals surface area (Å²) in [5.74, 6) is 0. The molecule has 2 aromatic heterocycles. The van der Waals surface area contributed by atoms with Crippen LogP contribution in [0.1, 0.15) is 334 Å². The van der Waals surface area contributed by atoms with Gasteiger partial charge in [0.1, 0.15) is 22.3 Å². The van der Waals surface area contributed by atoms with Gasteiger partial charge in [-0.2, -0.15) is 0 Å². The van der Waals surface area contributed by atoms with E-state index in [1.54, 1.807) is 22.3 Å². The van der Waals surface area contributed by atoms with Gasteiger partial charge in [0, 0.05) is 87.6 Å². The normalized spacial score (nSPS) is 15.8. The highest BCUT2D eigenvalue weighted by Gasteiger charge is 2.52. The number of benzene rings is 16. The number of hydrogen-bond acceptors (Lipinski definition) is 3. The predicted molar refractivity (Wildman–Crippen MR) is 616 cm³/mol. The molecule has 726 valence electrons. The van der Waals surface area contributed by atoms with Gasteiger partial charge in [-0.15, -0.1) is 0 Å². The lowest BCUT2D eigenvalue weighted by atomic mass is 9.70. The highest BCUT2D eigenvalue weighted by atomic mass is 16.3. The van der Waals surface area contributed by atoms with Gasteiger partial charge in [0.25, 0.3) is 0 Å². The Balaban J connectivity index is 0.537. The van der Waals surface area contributed by atoms with E-state index < -0.39 is 16.2 Å². The highest BCUT2D eigenvalue weighted by Crippen LogP contribution is 2.67. The fourth-order valence-corrected chi connectivity index (χ4v) is 29.3. The molecule has 16 aromatic carbocycles. The van der Waals surface area contributed by atoms with Crippen LogP contribution < -0.4 is 4.90 Å². The van der Waals surface area contributed by atoms with Crippen LogP contribution in [0.15, 0.2) is 300 Å². The summed E-state index contributed by atoms with van der Waals surface area (Å²) < 4.78 is 14.8. The van der Waals surface area contributed by atoms with Crippen LogP contribution in [-0.4, -0.2) is 0 Å². The lowest BCUT2D eigenvalue weighted by Gasteiger charge is -2.33. The van der Waals surface area contributed by atoms with Crippen LogP contribution in [0.25, 0.3) is 166 Å². The van der Waals surface area contributed by atoms with Gasteiger partial charge in [-0.1, -0.05) is 425 Å². The minimum Gasteiger partial charge on any atom is -0.455 e. The van der Waals surface area contributed by atoms with Crippen LogP contribution in [0, 0.1) is 6.92 Å². The molecule has 25 rings (SSSR count). The Hall–Kier alpha value is -13.1. The van der Waals surface area contributed by atoms with Gasteiger partial charge >= 0.3 is 0 Å². The Bertz CT molecular complexity index is 8270. The average molecular weight is 1890 g/mol. The van der Waals surface area contributed by atoms with Crippen LogP contribution >= 0.6 is 0 Å². The minimum atomic E-state index is -0.443. The Morgan fingerprint density at radius 2 is 0.510 bits per heavy atom. The third-order valence-corrected chi connectivity index (χ3v) is 37.1. The summed E-state index contributed by atoms with van der Waals surface area (Å²) in [4.78, 5) is 2.53. The van der Waals surface area contributed by atoms with E-state index in [0.29, 0.717) is 0 Å². The molecule has 0 N–H and O–H groups in total. The number of fused-ring (bicyclic) bond motifs is 31. The van der Waals surface area contributed by atoms with E-state index in [0.717, 1.165) is 50.2 Å². The molecule has 0 radical (unpaired) electrons. The first kappa shape index (κ1) is 93.0. The van der Waals surface area contributed by atoms with Crippen molar-refractivity contribution in [3.05, 3.63) is 375 Å². The molecule has 3 heteroatoms. The molecule has 7 aliphatic rings. The van der Waals surface area contributed by atoms with Crippen molar-refractivity contribution in [2.24, 2.45) is 0 Å². The smallest absolute Gasteiger partial charge is 0.144 e. The van der Waals surface area contributed by atoms with Crippen molar-refractivity contribution in [2.75, 3.05) is 4.90 Å². The van der Waals surface area contributed by atoms with Crippen molar-refractivity contribution in [2.45, 2.75) is 296 Å². The first-order valence-electron chi connectivity index (χ1n) is 55.8. The second kappa shape index (κ2) is 35.4. The largest absolute Gasteiger partial charge is 0.455 e. The maximum absolute atomic E-state index is 7.41. The Morgan fingerprint density at radius 3 is 0.945 bits per heavy atom. The van der Waals surface area contributed by atoms with E-state index in [1.807, 2.05) is 0 Å². The lowest BCUT2D eigenvalue weighted by molar-refractivity contribution is 0.399. The van der Waals surface area contributed by atoms with Gasteiger partial charge in [-0.3, -0.25) is 0 Å². The average Bonchev–Trinajstić information content (AvgIpc) is 1.50. The molecule has 145 heavy (non-hydrogen) atoms. The first-order valence-corrected chi connectivity index (χ1v) is 55.8. The van der Waals surface area contributed by atoms with Crippen LogP contribution in [0.2, 0.25) is 0 Å². The molecule has 0 bridgehead atoms. The summed E-state index contributed by atoms with van der Waals surface area (Å²) >= 11 is 0. The van der Waals surface area contributed by atoms with Crippen LogP contribution in [0.4, 0.5) is 17.1 Å². The summed E-state index contributed by atoms with van der Waals surface area (Å²) in [5.41, 5.74) is 55.3. The fraction of sp³-hybridized carbons (Fsp3) is 0.324. The number of para-hydroxylation sites is 2. The Morgan fingerprint density at radius 1 is 0.214 bits per heavy atom. The standard InChI is InChI=1S/C142H141NO2/c1-16-20-24-28-40-74-141(75-41-29-25-21-17-2)113-48-36-32-44-99(113)105-68-57-93(82-122(105)141)90-55-66-102-101-65-54-89(78-115(101)136(6,7)116(102)79-90)92-59-71-109-119(81-92)139(12,13)133-131(109)135-130(111-47-35-39-51-126(111)145-135)129-108-73-64-98(86-121(108)140(14,15)132(129)133)143(96-61-52-88(5)53-62-96)97-63-72-107-120(85-97)138(10,11)124-87-112(127-110-46-34-38-50-125(110)144-134(127)128(107)124)95-60-70-104-103-67-56-91(80-117(103)137(8,9)118(104)84-95)94-58-69-106-100-45-33-37-49-114(100)142(123(106)83-94,76-42-30-26-22-18-3)77-43-31-27-23-19-4/h32-39,44-73,78-87H,16-31,40-43,74-77H2,1-15H3. The van der Waals surface area contributed by atoms with Crippen molar-refractivity contribution in [3.8, 4) is 122 Å². The Kier molecular flexibility index (Phi) is 22.7. The summed E-state index contributed by atoms with van der Waals surface area (Å²) in [6.07, 6.45) is 30.8. The van der Waals surface area contributed by atoms with E-state index in [2.05, 4.69) is 400 Å². The molecule has 2 heterocycles. The molecule has 0 aliphatic heterocycles. The SMILES string of the molecule is CCCCCCCC1(CCCCCCC)c2ccccc2-c2ccc(-c3ccc4c(c3)C(C)(C)c3cc(-c5ccc6c(c5)C(C)(C)c5c7c(c8c(oc9ccccc98)c5-6)-c5ccc(N(c6ccc(C)cc6)c6ccc8c(c6)C(C)(C)c6cc(-c9ccc%10c(c9)C(C)(C)c9cc(-c%11ccc%12c(c%11)C(CCCCCCC)(CCCCCCC)c%11ccccc%11-%12)ccc9-%10)c9c(oc%10ccccc%109)c6-8)cc5C7(C)C)ccc3-4)cc21. The number of rotatable bonds is 31. The van der Waals surface area contributed by atoms with Crippen molar-refractivity contribution in [1.82, 2.24) is 0 Å². The van der Waals surface area contributed by atoms with Crippen molar-refractivity contribution in [1.29, 1.82) is 0 Å². The Labute approximate surface area is 861 Å². The quantitative estimate of drug-likeness (QED) is 0.0406. The molecule has 0 fully saturated rings. The number of furan rings is 2. The van der Waals surface area contributed by atoms with Crippen LogP contribution in [0.5, 0.6) is 0 Å². The van der Waals surface area contributed by atoms with Gasteiger partial charge < -0.3 is 13.7 Å². The zero-order valence-corrected chi connectivity index (χ0v) is 88.4. The van der Waals surface area contributed by atoms with Crippen LogP contribution in [0.3, 0.4) is 0 Å². The molecule has 0 saturated heterocycles. The zero-order chi connectivity index (χ0) is 99.1. The molecule has 0 saturated carbocycles. The second-order valence-corrected chi connectivity index (χ2v) is 47.4. The van der Waals surface area contributed by atoms with Crippen LogP contribution in [-0.2, 0) is 37.9 Å².